The summed E-state index contributed by atoms with van der Waals surface area (Å²) >= 11 is 0. The lowest BCUT2D eigenvalue weighted by Gasteiger charge is -2.19. The average molecular weight is 171 g/mol. The highest BCUT2D eigenvalue weighted by Gasteiger charge is 2.37. The van der Waals surface area contributed by atoms with Crippen molar-refractivity contribution in [2.45, 2.75) is 19.6 Å². The Morgan fingerprint density at radius 1 is 1.22 bits per heavy atom. The summed E-state index contributed by atoms with van der Waals surface area (Å²) in [6.45, 7) is 3.91. The molecule has 0 aliphatic rings. The van der Waals surface area contributed by atoms with Crippen LogP contribution in [0.4, 0.5) is 8.22 Å². The van der Waals surface area contributed by atoms with E-state index >= 15 is 0 Å². The number of rotatable bonds is 2. The van der Waals surface area contributed by atoms with Crippen molar-refractivity contribution in [2.75, 3.05) is 0 Å². The van der Waals surface area contributed by atoms with E-state index in [4.69, 9.17) is 5.40 Å². The smallest absolute Gasteiger partial charge is 0.397 e. The summed E-state index contributed by atoms with van der Waals surface area (Å²) < 4.78 is 28.5. The zero-order valence-corrected chi connectivity index (χ0v) is 7.74. The number of halogens is 2. The van der Waals surface area contributed by atoms with Crippen LogP contribution in [-0.4, -0.2) is 17.5 Å². The third-order valence-electron chi connectivity index (χ3n) is 0.442. The summed E-state index contributed by atoms with van der Waals surface area (Å²) in [7, 11) is -6.84. The average Bonchev–Trinajstić information content (AvgIpc) is 1.14. The van der Waals surface area contributed by atoms with E-state index in [1.165, 1.54) is 13.1 Å². The second-order valence-corrected chi connectivity index (χ2v) is 8.15. The number of hydrogen-bond donors (Lipinski definition) is 1. The molecule has 0 amide bonds. The van der Waals surface area contributed by atoms with Crippen LogP contribution in [-0.2, 0) is 4.12 Å². The van der Waals surface area contributed by atoms with Crippen LogP contribution in [0.5, 0.6) is 0 Å². The normalized spacial score (nSPS) is 14.0. The lowest BCUT2D eigenvalue weighted by Crippen LogP contribution is -2.48. The first-order valence-electron chi connectivity index (χ1n) is 2.57. The van der Waals surface area contributed by atoms with Crippen LogP contribution in [0.15, 0.2) is 0 Å². The van der Waals surface area contributed by atoms with E-state index in [0.29, 0.717) is 0 Å². The molecular weight excluding hydrogens is 160 g/mol. The van der Waals surface area contributed by atoms with Crippen molar-refractivity contribution >= 4 is 17.5 Å². The molecule has 56 valence electrons. The number of hydrogen-bond acceptors (Lipinski definition) is 2. The predicted molar refractivity (Wildman–Crippen MR) is 36.6 cm³/mol. The maximum absolute atomic E-state index is 12.1. The van der Waals surface area contributed by atoms with E-state index in [-0.39, 0.29) is 0 Å². The Balaban J connectivity index is 3.75. The summed E-state index contributed by atoms with van der Waals surface area (Å²) in [5, 5.41) is 5.29. The first kappa shape index (κ1) is 9.21. The summed E-state index contributed by atoms with van der Waals surface area (Å²) in [4.78, 5) is 0. The Kier molecular flexibility index (Phi) is 2.51. The third-order valence-corrected chi connectivity index (χ3v) is 3.98. The number of nitrogens with two attached hydrogens (primary N) is 1. The Morgan fingerprint density at radius 3 is 1.56 bits per heavy atom. The van der Waals surface area contributed by atoms with Crippen LogP contribution in [0.1, 0.15) is 0 Å². The molecule has 0 atom stereocenters. The van der Waals surface area contributed by atoms with Gasteiger partial charge in [0.25, 0.3) is 8.48 Å². The molecule has 0 heterocycles. The second-order valence-electron chi connectivity index (χ2n) is 2.51. The van der Waals surface area contributed by atoms with Crippen molar-refractivity contribution in [2.24, 2.45) is 5.40 Å². The molecule has 6 heteroatoms. The van der Waals surface area contributed by atoms with Crippen LogP contribution in [0.3, 0.4) is 0 Å². The highest BCUT2D eigenvalue weighted by atomic mass is 28.5. The van der Waals surface area contributed by atoms with Gasteiger partial charge in [-0.25, -0.2) is 8.22 Å². The maximum atomic E-state index is 12.1. The molecule has 0 saturated heterocycles. The summed E-state index contributed by atoms with van der Waals surface area (Å²) in [6.07, 6.45) is 0. The standard InChI is InChI=1S/C3H11F2NOSi2/c1-8(2,6)7-9(3,4)5/h6H2,1-3H3. The van der Waals surface area contributed by atoms with Gasteiger partial charge >= 0.3 is 8.99 Å². The van der Waals surface area contributed by atoms with Crippen LogP contribution in [0.25, 0.3) is 0 Å². The maximum Gasteiger partial charge on any atom is 0.565 e. The molecule has 0 rings (SSSR count). The molecule has 2 N–H and O–H groups in total. The molecular formula is C3H11F2NOSi2. The fourth-order valence-corrected chi connectivity index (χ4v) is 4.16. The van der Waals surface area contributed by atoms with Crippen molar-refractivity contribution in [3.63, 3.8) is 0 Å². The summed E-state index contributed by atoms with van der Waals surface area (Å²) in [5.74, 6) is 0. The molecule has 0 radical (unpaired) electrons. The van der Waals surface area contributed by atoms with E-state index in [1.54, 1.807) is 0 Å². The van der Waals surface area contributed by atoms with E-state index in [1.807, 2.05) is 0 Å². The zero-order valence-electron chi connectivity index (χ0n) is 5.74. The van der Waals surface area contributed by atoms with Crippen molar-refractivity contribution in [1.29, 1.82) is 0 Å². The highest BCUT2D eigenvalue weighted by molar-refractivity contribution is 6.77. The molecule has 0 fully saturated rings. The molecule has 2 nitrogen and oxygen atoms in total. The lowest BCUT2D eigenvalue weighted by molar-refractivity contribution is 0.381. The second kappa shape index (κ2) is 2.45. The van der Waals surface area contributed by atoms with Gasteiger partial charge in [-0.15, -0.1) is 0 Å². The van der Waals surface area contributed by atoms with Crippen molar-refractivity contribution < 1.29 is 12.3 Å². The van der Waals surface area contributed by atoms with Crippen LogP contribution >= 0.6 is 0 Å². The largest absolute Gasteiger partial charge is 0.565 e. The first-order valence-corrected chi connectivity index (χ1v) is 7.72. The van der Waals surface area contributed by atoms with E-state index in [9.17, 15) is 8.22 Å². The van der Waals surface area contributed by atoms with Gasteiger partial charge in [0.2, 0.25) is 0 Å². The predicted octanol–water partition coefficient (Wildman–Crippen LogP) is 1.17. The van der Waals surface area contributed by atoms with Gasteiger partial charge in [0.05, 0.1) is 0 Å². The molecule has 0 aromatic heterocycles. The minimum absolute atomic E-state index is 0.828. The highest BCUT2D eigenvalue weighted by Crippen LogP contribution is 2.11. The minimum atomic E-state index is -4.36. The molecule has 0 saturated carbocycles. The monoisotopic (exact) mass is 171 g/mol. The lowest BCUT2D eigenvalue weighted by atomic mass is 11.9. The topological polar surface area (TPSA) is 35.2 Å². The van der Waals surface area contributed by atoms with E-state index in [2.05, 4.69) is 4.12 Å². The van der Waals surface area contributed by atoms with Gasteiger partial charge < -0.3 is 9.51 Å². The molecule has 0 aliphatic heterocycles. The molecule has 0 aromatic carbocycles. The Hall–Kier alpha value is 0.214. The molecule has 0 spiro atoms. The van der Waals surface area contributed by atoms with Gasteiger partial charge in [-0.2, -0.15) is 0 Å². The first-order chi connectivity index (χ1) is 3.71. The van der Waals surface area contributed by atoms with Gasteiger partial charge in [-0.05, 0) is 13.1 Å². The van der Waals surface area contributed by atoms with E-state index in [0.717, 1.165) is 6.55 Å². The van der Waals surface area contributed by atoms with Gasteiger partial charge in [-0.1, -0.05) is 0 Å². The van der Waals surface area contributed by atoms with Crippen LogP contribution in [0.2, 0.25) is 19.6 Å². The molecule has 0 bridgehead atoms. The van der Waals surface area contributed by atoms with Gasteiger partial charge in [0.1, 0.15) is 0 Å². The molecule has 0 aromatic rings. The van der Waals surface area contributed by atoms with Crippen LogP contribution in [0, 0.1) is 0 Å². The van der Waals surface area contributed by atoms with Crippen LogP contribution < -0.4 is 5.40 Å². The molecule has 9 heavy (non-hydrogen) atoms. The van der Waals surface area contributed by atoms with Gasteiger partial charge in [-0.3, -0.25) is 0 Å². The minimum Gasteiger partial charge on any atom is -0.397 e. The quantitative estimate of drug-likeness (QED) is 0.500. The fraction of sp³-hybridized carbons (Fsp3) is 1.00. The third kappa shape index (κ3) is 8.21. The SMILES string of the molecule is C[Si](C)(N)O[Si](C)(F)F. The van der Waals surface area contributed by atoms with Gasteiger partial charge in [0, 0.05) is 6.55 Å². The summed E-state index contributed by atoms with van der Waals surface area (Å²) in [5.41, 5.74) is 0. The molecule has 0 unspecified atom stereocenters. The van der Waals surface area contributed by atoms with Crippen molar-refractivity contribution in [1.82, 2.24) is 0 Å². The molecule has 0 aliphatic carbocycles. The van der Waals surface area contributed by atoms with Crippen molar-refractivity contribution in [3.05, 3.63) is 0 Å². The van der Waals surface area contributed by atoms with Crippen molar-refractivity contribution in [3.8, 4) is 0 Å². The Morgan fingerprint density at radius 2 is 1.56 bits per heavy atom. The van der Waals surface area contributed by atoms with E-state index < -0.39 is 17.5 Å². The summed E-state index contributed by atoms with van der Waals surface area (Å²) in [6, 6.07) is 0. The Bertz CT molecular complexity index is 85.0. The fourth-order valence-electron chi connectivity index (χ4n) is 0.462. The Labute approximate surface area is 55.7 Å². The zero-order chi connectivity index (χ0) is 7.71. The van der Waals surface area contributed by atoms with Gasteiger partial charge in [0.15, 0.2) is 0 Å².